The molecule has 1 aromatic heterocycles. The van der Waals surface area contributed by atoms with Crippen LogP contribution in [-0.2, 0) is 17.9 Å². The van der Waals surface area contributed by atoms with Crippen LogP contribution in [0.5, 0.6) is 0 Å². The van der Waals surface area contributed by atoms with E-state index in [1.54, 1.807) is 35.2 Å². The van der Waals surface area contributed by atoms with E-state index < -0.39 is 0 Å². The third kappa shape index (κ3) is 4.57. The number of anilines is 1. The average molecular weight is 399 g/mol. The van der Waals surface area contributed by atoms with E-state index in [9.17, 15) is 9.59 Å². The van der Waals surface area contributed by atoms with E-state index in [0.29, 0.717) is 48.4 Å². The molecule has 1 aliphatic rings. The first-order chi connectivity index (χ1) is 13.6. The van der Waals surface area contributed by atoms with Gasteiger partial charge in [-0.1, -0.05) is 29.8 Å². The Morgan fingerprint density at radius 1 is 1.32 bits per heavy atom. The zero-order valence-electron chi connectivity index (χ0n) is 15.1. The number of halogens is 1. The highest BCUT2D eigenvalue weighted by Gasteiger charge is 2.24. The molecule has 3 rings (SSSR count). The third-order valence-electron chi connectivity index (χ3n) is 4.26. The Labute approximate surface area is 167 Å². The molecule has 2 aromatic rings. The zero-order chi connectivity index (χ0) is 19.9. The minimum absolute atomic E-state index is 0.130. The van der Waals surface area contributed by atoms with Gasteiger partial charge < -0.3 is 20.1 Å². The van der Waals surface area contributed by atoms with Crippen molar-refractivity contribution >= 4 is 29.1 Å². The molecule has 2 N–H and O–H groups in total. The molecular formula is C19H19ClN6O2. The number of nitrogens with zero attached hydrogens (tertiary/aromatic N) is 4. The van der Waals surface area contributed by atoms with Crippen molar-refractivity contribution in [1.82, 2.24) is 19.8 Å². The second-order valence-corrected chi connectivity index (χ2v) is 6.50. The van der Waals surface area contributed by atoms with Crippen molar-refractivity contribution in [2.45, 2.75) is 13.1 Å². The lowest BCUT2D eigenvalue weighted by atomic mass is 10.3. The number of hydrogen-bond acceptors (Lipinski definition) is 5. The monoisotopic (exact) mass is 398 g/mol. The first kappa shape index (κ1) is 19.6. The number of hydrogen-bond donors (Lipinski definition) is 2. The topological polar surface area (TPSA) is 103 Å². The van der Waals surface area contributed by atoms with Crippen molar-refractivity contribution in [3.63, 3.8) is 0 Å². The van der Waals surface area contributed by atoms with Gasteiger partial charge in [0.2, 0.25) is 5.91 Å². The van der Waals surface area contributed by atoms with Gasteiger partial charge in [0, 0.05) is 25.7 Å². The van der Waals surface area contributed by atoms with Gasteiger partial charge in [0.05, 0.1) is 36.1 Å². The SMILES string of the molecule is N#CCNC/C=C/C(=O)N1CCn2c(C(=O)Nc3ccccc3Cl)cnc2C1. The average Bonchev–Trinajstić information content (AvgIpc) is 3.12. The fourth-order valence-electron chi connectivity index (χ4n) is 2.86. The fraction of sp³-hybridized carbons (Fsp3) is 0.263. The lowest BCUT2D eigenvalue weighted by Gasteiger charge is -2.27. The number of imidazole rings is 1. The summed E-state index contributed by atoms with van der Waals surface area (Å²) in [6.07, 6.45) is 4.67. The van der Waals surface area contributed by atoms with Gasteiger partial charge in [0.1, 0.15) is 11.5 Å². The summed E-state index contributed by atoms with van der Waals surface area (Å²) in [4.78, 5) is 30.8. The van der Waals surface area contributed by atoms with Gasteiger partial charge in [0.15, 0.2) is 0 Å². The molecule has 9 heteroatoms. The summed E-state index contributed by atoms with van der Waals surface area (Å²) in [5.74, 6) is 0.227. The zero-order valence-corrected chi connectivity index (χ0v) is 15.8. The Hall–Kier alpha value is -3.15. The van der Waals surface area contributed by atoms with Crippen molar-refractivity contribution < 1.29 is 9.59 Å². The largest absolute Gasteiger partial charge is 0.330 e. The minimum Gasteiger partial charge on any atom is -0.330 e. The van der Waals surface area contributed by atoms with Gasteiger partial charge in [-0.25, -0.2) is 4.98 Å². The molecule has 0 atom stereocenters. The maximum absolute atomic E-state index is 12.6. The number of para-hydroxylation sites is 1. The molecule has 0 saturated carbocycles. The lowest BCUT2D eigenvalue weighted by Crippen LogP contribution is -2.38. The van der Waals surface area contributed by atoms with Crippen LogP contribution in [0.1, 0.15) is 16.3 Å². The molecule has 0 bridgehead atoms. The Kier molecular flexibility index (Phi) is 6.42. The fourth-order valence-corrected chi connectivity index (χ4v) is 3.04. The predicted molar refractivity (Wildman–Crippen MR) is 105 cm³/mol. The first-order valence-electron chi connectivity index (χ1n) is 8.73. The number of nitriles is 1. The number of rotatable bonds is 6. The number of fused-ring (bicyclic) bond motifs is 1. The minimum atomic E-state index is -0.296. The summed E-state index contributed by atoms with van der Waals surface area (Å²) in [6, 6.07) is 8.98. The molecule has 28 heavy (non-hydrogen) atoms. The summed E-state index contributed by atoms with van der Waals surface area (Å²) in [6.45, 7) is 1.97. The van der Waals surface area contributed by atoms with Crippen molar-refractivity contribution in [2.24, 2.45) is 0 Å². The summed E-state index contributed by atoms with van der Waals surface area (Å²) in [5.41, 5.74) is 0.964. The van der Waals surface area contributed by atoms with Gasteiger partial charge in [-0.2, -0.15) is 5.26 Å². The van der Waals surface area contributed by atoms with E-state index in [0.717, 1.165) is 0 Å². The standard InChI is InChI=1S/C19H19ClN6O2/c20-14-4-1-2-5-15(14)24-19(28)16-12-23-17-13-25(10-11-26(16)17)18(27)6-3-8-22-9-7-21/h1-6,12,22H,8-11,13H2,(H,24,28)/b6-3+. The van der Waals surface area contributed by atoms with E-state index in [2.05, 4.69) is 15.6 Å². The second-order valence-electron chi connectivity index (χ2n) is 6.10. The van der Waals surface area contributed by atoms with Crippen molar-refractivity contribution in [3.8, 4) is 6.07 Å². The molecule has 2 amide bonds. The van der Waals surface area contributed by atoms with Crippen LogP contribution in [0.3, 0.4) is 0 Å². The normalized spacial score (nSPS) is 13.2. The number of carbonyl (C=O) groups is 2. The number of aromatic nitrogens is 2. The lowest BCUT2D eigenvalue weighted by molar-refractivity contribution is -0.127. The molecule has 0 saturated heterocycles. The molecule has 2 heterocycles. The molecule has 0 aliphatic carbocycles. The van der Waals surface area contributed by atoms with Gasteiger partial charge in [0.25, 0.3) is 5.91 Å². The van der Waals surface area contributed by atoms with Gasteiger partial charge in [-0.3, -0.25) is 9.59 Å². The Morgan fingerprint density at radius 3 is 2.93 bits per heavy atom. The molecule has 0 unspecified atom stereocenters. The van der Waals surface area contributed by atoms with E-state index >= 15 is 0 Å². The van der Waals surface area contributed by atoms with Crippen LogP contribution < -0.4 is 10.6 Å². The number of carbonyl (C=O) groups excluding carboxylic acids is 2. The predicted octanol–water partition coefficient (Wildman–Crippen LogP) is 1.80. The van der Waals surface area contributed by atoms with Crippen molar-refractivity contribution in [1.29, 1.82) is 5.26 Å². The number of benzene rings is 1. The second kappa shape index (κ2) is 9.17. The quantitative estimate of drug-likeness (QED) is 0.438. The van der Waals surface area contributed by atoms with Crippen LogP contribution in [0, 0.1) is 11.3 Å². The van der Waals surface area contributed by atoms with E-state index in [1.165, 1.54) is 12.3 Å². The molecule has 1 aliphatic heterocycles. The van der Waals surface area contributed by atoms with E-state index in [4.69, 9.17) is 16.9 Å². The van der Waals surface area contributed by atoms with Crippen molar-refractivity contribution in [2.75, 3.05) is 25.0 Å². The summed E-state index contributed by atoms with van der Waals surface area (Å²) < 4.78 is 1.81. The highest BCUT2D eigenvalue weighted by Crippen LogP contribution is 2.22. The molecule has 1 aromatic carbocycles. The molecule has 8 nitrogen and oxygen atoms in total. The van der Waals surface area contributed by atoms with Crippen LogP contribution in [-0.4, -0.2) is 45.9 Å². The Balaban J connectivity index is 1.63. The highest BCUT2D eigenvalue weighted by molar-refractivity contribution is 6.33. The smallest absolute Gasteiger partial charge is 0.273 e. The Morgan fingerprint density at radius 2 is 2.14 bits per heavy atom. The van der Waals surface area contributed by atoms with Gasteiger partial charge in [-0.15, -0.1) is 0 Å². The summed E-state index contributed by atoms with van der Waals surface area (Å²) >= 11 is 6.09. The van der Waals surface area contributed by atoms with E-state index in [1.807, 2.05) is 10.6 Å². The number of amides is 2. The number of nitrogens with one attached hydrogen (secondary N) is 2. The van der Waals surface area contributed by atoms with Crippen LogP contribution in [0.15, 0.2) is 42.6 Å². The van der Waals surface area contributed by atoms with Crippen LogP contribution in [0.4, 0.5) is 5.69 Å². The Bertz CT molecular complexity index is 946. The van der Waals surface area contributed by atoms with Crippen LogP contribution in [0.25, 0.3) is 0 Å². The first-order valence-corrected chi connectivity index (χ1v) is 9.11. The van der Waals surface area contributed by atoms with Crippen LogP contribution >= 0.6 is 11.6 Å². The van der Waals surface area contributed by atoms with Gasteiger partial charge in [-0.05, 0) is 12.1 Å². The molecule has 0 spiro atoms. The highest BCUT2D eigenvalue weighted by atomic mass is 35.5. The maximum atomic E-state index is 12.6. The third-order valence-corrected chi connectivity index (χ3v) is 4.59. The molecule has 0 radical (unpaired) electrons. The molecule has 0 fully saturated rings. The summed E-state index contributed by atoms with van der Waals surface area (Å²) in [5, 5.41) is 14.6. The van der Waals surface area contributed by atoms with Gasteiger partial charge >= 0.3 is 0 Å². The van der Waals surface area contributed by atoms with Crippen molar-refractivity contribution in [3.05, 3.63) is 59.2 Å². The molecule has 144 valence electrons. The van der Waals surface area contributed by atoms with Crippen LogP contribution in [0.2, 0.25) is 5.02 Å². The summed E-state index contributed by atoms with van der Waals surface area (Å²) in [7, 11) is 0. The van der Waals surface area contributed by atoms with E-state index in [-0.39, 0.29) is 18.4 Å². The molecular weight excluding hydrogens is 380 g/mol. The maximum Gasteiger partial charge on any atom is 0.273 e.